The van der Waals surface area contributed by atoms with E-state index in [-0.39, 0.29) is 56.9 Å². The molecule has 1 saturated heterocycles. The number of fused-ring (bicyclic) bond motifs is 3. The van der Waals surface area contributed by atoms with E-state index in [9.17, 15) is 32.0 Å². The number of amides is 2. The standard InChI is InChI=1S/C41H54FN3O9S/c1-7-52-34-23-43-36(30-15-11-10-14-29(30)34)53-28-19-32-33(46)22-40(38(49)44-55(50,51)41(42)16-17-41)21-27(40)13-9-8-12-25(2)18-26(3)31(37(48)45(32)24-28)20-35(47)54-39(4,5)6/h9-11,13-15,23,25-28,31-32H,7-8,12,16-22,24H2,1-6H3,(H,44,49)/b13-9-/t25-,26-,27-,28-,31+,32+,40-/m1/s1. The van der Waals surface area contributed by atoms with Crippen molar-refractivity contribution in [3.63, 3.8) is 0 Å². The van der Waals surface area contributed by atoms with Gasteiger partial charge in [0, 0.05) is 36.5 Å². The summed E-state index contributed by atoms with van der Waals surface area (Å²) in [4.78, 5) is 62.5. The second kappa shape index (κ2) is 15.5. The maximum atomic E-state index is 14.8. The lowest BCUT2D eigenvalue weighted by Crippen LogP contribution is -2.48. The molecule has 300 valence electrons. The third kappa shape index (κ3) is 8.84. The number of carbonyl (C=O) groups excluding carboxylic acids is 4. The lowest BCUT2D eigenvalue weighted by Gasteiger charge is -2.32. The van der Waals surface area contributed by atoms with Crippen molar-refractivity contribution < 1.29 is 46.2 Å². The zero-order chi connectivity index (χ0) is 39.9. The summed E-state index contributed by atoms with van der Waals surface area (Å²) < 4.78 is 60.4. The van der Waals surface area contributed by atoms with E-state index in [0.29, 0.717) is 36.5 Å². The third-order valence-corrected chi connectivity index (χ3v) is 13.3. The highest BCUT2D eigenvalue weighted by Crippen LogP contribution is 2.58. The molecule has 3 fully saturated rings. The van der Waals surface area contributed by atoms with Gasteiger partial charge in [-0.2, -0.15) is 0 Å². The summed E-state index contributed by atoms with van der Waals surface area (Å²) in [6, 6.07) is 6.42. The van der Waals surface area contributed by atoms with Crippen LogP contribution in [0.5, 0.6) is 11.6 Å². The Bertz CT molecular complexity index is 1960. The summed E-state index contributed by atoms with van der Waals surface area (Å²) in [5.74, 6) is -2.73. The van der Waals surface area contributed by atoms with E-state index in [1.807, 2.05) is 55.0 Å². The number of allylic oxidation sites excluding steroid dienone is 2. The molecule has 2 aromatic rings. The molecule has 0 spiro atoms. The number of sulfonamides is 1. The predicted octanol–water partition coefficient (Wildman–Crippen LogP) is 6.21. The number of pyridine rings is 1. The second-order valence-electron chi connectivity index (χ2n) is 17.0. The largest absolute Gasteiger partial charge is 0.492 e. The van der Waals surface area contributed by atoms with Gasteiger partial charge in [-0.15, -0.1) is 0 Å². The van der Waals surface area contributed by atoms with Crippen LogP contribution in [0.15, 0.2) is 42.6 Å². The third-order valence-electron chi connectivity index (χ3n) is 11.4. The van der Waals surface area contributed by atoms with Gasteiger partial charge in [-0.25, -0.2) is 22.5 Å². The molecule has 1 N–H and O–H groups in total. The normalized spacial score (nSPS) is 30.3. The molecule has 0 unspecified atom stereocenters. The van der Waals surface area contributed by atoms with Crippen LogP contribution in [0.25, 0.3) is 10.8 Å². The zero-order valence-electron chi connectivity index (χ0n) is 32.6. The van der Waals surface area contributed by atoms with E-state index in [1.165, 1.54) is 4.90 Å². The number of esters is 1. The van der Waals surface area contributed by atoms with Gasteiger partial charge in [0.25, 0.3) is 10.0 Å². The summed E-state index contributed by atoms with van der Waals surface area (Å²) in [6.45, 7) is 11.6. The Hall–Kier alpha value is -4.07. The maximum Gasteiger partial charge on any atom is 0.307 e. The molecule has 6 rings (SSSR count). The van der Waals surface area contributed by atoms with Gasteiger partial charge in [0.2, 0.25) is 22.7 Å². The van der Waals surface area contributed by atoms with Gasteiger partial charge in [-0.3, -0.25) is 19.2 Å². The summed E-state index contributed by atoms with van der Waals surface area (Å²) in [6.07, 6.45) is 6.07. The predicted molar refractivity (Wildman–Crippen MR) is 203 cm³/mol. The molecule has 55 heavy (non-hydrogen) atoms. The molecule has 2 amide bonds. The number of nitrogens with zero attached hydrogens (tertiary/aromatic N) is 2. The first-order chi connectivity index (χ1) is 25.9. The molecular formula is C41H54FN3O9S. The van der Waals surface area contributed by atoms with Gasteiger partial charge >= 0.3 is 5.97 Å². The van der Waals surface area contributed by atoms with Crippen LogP contribution in [0.3, 0.4) is 0 Å². The Kier molecular flexibility index (Phi) is 11.4. The van der Waals surface area contributed by atoms with Crippen molar-refractivity contribution in [2.45, 2.75) is 122 Å². The van der Waals surface area contributed by atoms with Crippen molar-refractivity contribution in [2.24, 2.45) is 29.1 Å². The highest BCUT2D eigenvalue weighted by atomic mass is 32.2. The van der Waals surface area contributed by atoms with E-state index in [0.717, 1.165) is 11.8 Å². The molecule has 0 radical (unpaired) electrons. The summed E-state index contributed by atoms with van der Waals surface area (Å²) in [5.41, 5.74) is -2.20. The molecule has 2 aliphatic heterocycles. The first-order valence-electron chi connectivity index (χ1n) is 19.5. The topological polar surface area (TPSA) is 158 Å². The van der Waals surface area contributed by atoms with Crippen LogP contribution >= 0.6 is 0 Å². The highest BCUT2D eigenvalue weighted by molar-refractivity contribution is 7.91. The number of benzene rings is 1. The lowest BCUT2D eigenvalue weighted by atomic mass is 9.82. The van der Waals surface area contributed by atoms with Crippen molar-refractivity contribution >= 4 is 44.4 Å². The fourth-order valence-corrected chi connectivity index (χ4v) is 9.47. The molecule has 14 heteroatoms. The molecular weight excluding hydrogens is 730 g/mol. The fourth-order valence-electron chi connectivity index (χ4n) is 8.20. The van der Waals surface area contributed by atoms with Crippen molar-refractivity contribution in [1.29, 1.82) is 0 Å². The number of rotatable bonds is 9. The molecule has 12 nitrogen and oxygen atoms in total. The number of Topliss-reactive ketones (excluding diaryl/α,β-unsaturated/α-hetero) is 1. The minimum absolute atomic E-state index is 0.00677. The smallest absolute Gasteiger partial charge is 0.307 e. The number of nitrogens with one attached hydrogen (secondary N) is 1. The van der Waals surface area contributed by atoms with E-state index in [1.54, 1.807) is 27.0 Å². The van der Waals surface area contributed by atoms with E-state index in [2.05, 4.69) is 11.9 Å². The molecule has 1 aromatic heterocycles. The second-order valence-corrected chi connectivity index (χ2v) is 19.0. The van der Waals surface area contributed by atoms with Crippen molar-refractivity contribution in [3.05, 3.63) is 42.6 Å². The number of aromatic nitrogens is 1. The lowest BCUT2D eigenvalue weighted by molar-refractivity contribution is -0.160. The Balaban J connectivity index is 1.35. The monoisotopic (exact) mass is 783 g/mol. The van der Waals surface area contributed by atoms with Gasteiger partial charge in [-0.05, 0) is 77.2 Å². The van der Waals surface area contributed by atoms with Crippen molar-refractivity contribution in [2.75, 3.05) is 13.2 Å². The Morgan fingerprint density at radius 1 is 1.09 bits per heavy atom. The van der Waals surface area contributed by atoms with Crippen LogP contribution in [-0.4, -0.2) is 77.8 Å². The van der Waals surface area contributed by atoms with Crippen LogP contribution in [0.2, 0.25) is 0 Å². The number of hydrogen-bond donors (Lipinski definition) is 1. The first kappa shape index (κ1) is 40.6. The molecule has 0 bridgehead atoms. The zero-order valence-corrected chi connectivity index (χ0v) is 33.5. The summed E-state index contributed by atoms with van der Waals surface area (Å²) >= 11 is 0. The molecule has 4 aliphatic rings. The van der Waals surface area contributed by atoms with Crippen molar-refractivity contribution in [3.8, 4) is 11.6 Å². The highest BCUT2D eigenvalue weighted by Gasteiger charge is 2.64. The van der Waals surface area contributed by atoms with Gasteiger partial charge in [0.1, 0.15) is 17.5 Å². The fraction of sp³-hybridized carbons (Fsp3) is 0.634. The Morgan fingerprint density at radius 3 is 2.47 bits per heavy atom. The van der Waals surface area contributed by atoms with Crippen molar-refractivity contribution in [1.82, 2.24) is 14.6 Å². The van der Waals surface area contributed by atoms with E-state index in [4.69, 9.17) is 14.2 Å². The van der Waals surface area contributed by atoms with Crippen LogP contribution in [0.4, 0.5) is 4.39 Å². The number of ketones is 1. The van der Waals surface area contributed by atoms with Crippen LogP contribution in [0, 0.1) is 29.1 Å². The average Bonchev–Trinajstić information content (AvgIpc) is 3.99. The SMILES string of the molecule is CCOc1cnc(O[C@@H]2C[C@H]3C(=O)C[C@]4(C(=O)NS(=O)(=O)C5(F)CC5)C[C@H]4/C=C\CC[C@@H](C)C[C@@H](C)[C@H](CC(=O)OC(C)(C)C)C(=O)N3C2)c2ccccc12. The maximum absolute atomic E-state index is 14.8. The number of carbonyl (C=O) groups is 4. The molecule has 2 saturated carbocycles. The van der Waals surface area contributed by atoms with Gasteiger partial charge < -0.3 is 19.1 Å². The quantitative estimate of drug-likeness (QED) is 0.229. The van der Waals surface area contributed by atoms with E-state index >= 15 is 0 Å². The van der Waals surface area contributed by atoms with Gasteiger partial charge in [-0.1, -0.05) is 44.2 Å². The number of alkyl halides is 1. The summed E-state index contributed by atoms with van der Waals surface area (Å²) in [5, 5.41) is -1.03. The minimum atomic E-state index is -4.62. The Labute approximate surface area is 323 Å². The average molecular weight is 784 g/mol. The van der Waals surface area contributed by atoms with Gasteiger partial charge in [0.15, 0.2) is 5.78 Å². The first-order valence-corrected chi connectivity index (χ1v) is 21.0. The summed E-state index contributed by atoms with van der Waals surface area (Å²) in [7, 11) is -4.62. The van der Waals surface area contributed by atoms with E-state index < -0.39 is 73.6 Å². The number of halogens is 1. The molecule has 1 aromatic carbocycles. The van der Waals surface area contributed by atoms with Crippen LogP contribution in [-0.2, 0) is 33.9 Å². The number of ether oxygens (including phenoxy) is 3. The van der Waals surface area contributed by atoms with Gasteiger partial charge in [0.05, 0.1) is 43.1 Å². The Morgan fingerprint density at radius 2 is 1.80 bits per heavy atom. The van der Waals surface area contributed by atoms with Crippen LogP contribution < -0.4 is 14.2 Å². The molecule has 3 heterocycles. The minimum Gasteiger partial charge on any atom is -0.492 e. The molecule has 7 atom stereocenters. The number of hydrogen-bond acceptors (Lipinski definition) is 10. The van der Waals surface area contributed by atoms with Crippen LogP contribution in [0.1, 0.15) is 99.3 Å². The molecule has 2 aliphatic carbocycles.